The average Bonchev–Trinajstić information content (AvgIpc) is 2.70. The van der Waals surface area contributed by atoms with E-state index in [1.807, 2.05) is 37.3 Å². The molecule has 2 fully saturated rings. The molecule has 1 saturated carbocycles. The number of ether oxygens (including phenoxy) is 2. The summed E-state index contributed by atoms with van der Waals surface area (Å²) in [6.07, 6.45) is 0.809. The van der Waals surface area contributed by atoms with Gasteiger partial charge in [-0.25, -0.2) is 0 Å². The number of rotatable bonds is 1. The van der Waals surface area contributed by atoms with Crippen molar-refractivity contribution in [3.63, 3.8) is 0 Å². The fourth-order valence-corrected chi connectivity index (χ4v) is 2.68. The topological polar surface area (TPSA) is 38.7 Å². The third-order valence-electron chi connectivity index (χ3n) is 3.54. The summed E-state index contributed by atoms with van der Waals surface area (Å²) >= 11 is 0. The highest BCUT2D eigenvalue weighted by molar-refractivity contribution is 5.18. The molecule has 1 N–H and O–H groups in total. The molecule has 86 valence electrons. The Hall–Kier alpha value is -0.900. The molecular formula is C13H16O3. The standard InChI is InChI=1S/C13H16O3/c1-13-8-10(14)7-11(13)15-12(16-13)9-5-3-2-4-6-9/h2-6,10-12,14H,7-8H2,1H3/t10?,11-,12?,13?/m0/s1. The van der Waals surface area contributed by atoms with Crippen molar-refractivity contribution in [2.75, 3.05) is 0 Å². The quantitative estimate of drug-likeness (QED) is 0.786. The molecule has 1 aliphatic heterocycles. The third-order valence-corrected chi connectivity index (χ3v) is 3.54. The van der Waals surface area contributed by atoms with E-state index >= 15 is 0 Å². The molecular weight excluding hydrogens is 204 g/mol. The van der Waals surface area contributed by atoms with Gasteiger partial charge in [-0.05, 0) is 6.92 Å². The number of hydrogen-bond donors (Lipinski definition) is 1. The molecule has 1 aromatic rings. The number of benzene rings is 1. The first kappa shape index (κ1) is 10.3. The number of aliphatic hydroxyl groups is 1. The van der Waals surface area contributed by atoms with Crippen LogP contribution >= 0.6 is 0 Å². The van der Waals surface area contributed by atoms with E-state index in [9.17, 15) is 5.11 Å². The van der Waals surface area contributed by atoms with Crippen molar-refractivity contribution in [1.29, 1.82) is 0 Å². The Kier molecular flexibility index (Phi) is 2.28. The van der Waals surface area contributed by atoms with Crippen molar-refractivity contribution in [2.24, 2.45) is 0 Å². The summed E-state index contributed by atoms with van der Waals surface area (Å²) in [7, 11) is 0. The van der Waals surface area contributed by atoms with E-state index in [2.05, 4.69) is 0 Å². The first-order valence-electron chi connectivity index (χ1n) is 5.74. The monoisotopic (exact) mass is 220 g/mol. The average molecular weight is 220 g/mol. The van der Waals surface area contributed by atoms with Gasteiger partial charge in [0, 0.05) is 18.4 Å². The van der Waals surface area contributed by atoms with Crippen LogP contribution in [0.15, 0.2) is 30.3 Å². The maximum absolute atomic E-state index is 9.60. The molecule has 0 spiro atoms. The fourth-order valence-electron chi connectivity index (χ4n) is 2.68. The molecule has 1 aliphatic carbocycles. The van der Waals surface area contributed by atoms with Crippen molar-refractivity contribution in [3.8, 4) is 0 Å². The number of hydrogen-bond acceptors (Lipinski definition) is 3. The Morgan fingerprint density at radius 3 is 2.75 bits per heavy atom. The summed E-state index contributed by atoms with van der Waals surface area (Å²) in [6, 6.07) is 9.95. The maximum atomic E-state index is 9.60. The van der Waals surface area contributed by atoms with Gasteiger partial charge < -0.3 is 14.6 Å². The molecule has 2 aliphatic rings. The third kappa shape index (κ3) is 1.56. The largest absolute Gasteiger partial charge is 0.393 e. The minimum atomic E-state index is -0.320. The van der Waals surface area contributed by atoms with E-state index in [4.69, 9.17) is 9.47 Å². The molecule has 1 aromatic carbocycles. The van der Waals surface area contributed by atoms with Gasteiger partial charge in [-0.15, -0.1) is 0 Å². The van der Waals surface area contributed by atoms with Crippen molar-refractivity contribution in [1.82, 2.24) is 0 Å². The Labute approximate surface area is 95.0 Å². The summed E-state index contributed by atoms with van der Waals surface area (Å²) in [5.41, 5.74) is 0.729. The summed E-state index contributed by atoms with van der Waals surface area (Å²) in [4.78, 5) is 0. The Morgan fingerprint density at radius 2 is 2.06 bits per heavy atom. The van der Waals surface area contributed by atoms with E-state index in [1.54, 1.807) is 0 Å². The second-order valence-electron chi connectivity index (χ2n) is 4.89. The summed E-state index contributed by atoms with van der Waals surface area (Å²) in [6.45, 7) is 2.02. The first-order valence-corrected chi connectivity index (χ1v) is 5.74. The van der Waals surface area contributed by atoms with Crippen LogP contribution in [0.25, 0.3) is 0 Å². The Balaban J connectivity index is 1.80. The highest BCUT2D eigenvalue weighted by Crippen LogP contribution is 2.46. The van der Waals surface area contributed by atoms with Crippen LogP contribution in [0.1, 0.15) is 31.6 Å². The molecule has 0 amide bonds. The van der Waals surface area contributed by atoms with E-state index in [-0.39, 0.29) is 24.1 Å². The smallest absolute Gasteiger partial charge is 0.185 e. The van der Waals surface area contributed by atoms with Gasteiger partial charge in [0.2, 0.25) is 0 Å². The van der Waals surface area contributed by atoms with Crippen molar-refractivity contribution in [3.05, 3.63) is 35.9 Å². The minimum absolute atomic E-state index is 0.0210. The zero-order valence-corrected chi connectivity index (χ0v) is 9.30. The van der Waals surface area contributed by atoms with Gasteiger partial charge >= 0.3 is 0 Å². The second kappa shape index (κ2) is 3.55. The van der Waals surface area contributed by atoms with Crippen LogP contribution in [-0.2, 0) is 9.47 Å². The van der Waals surface area contributed by atoms with Gasteiger partial charge in [-0.3, -0.25) is 0 Å². The summed E-state index contributed by atoms with van der Waals surface area (Å²) in [5.74, 6) is 0. The molecule has 0 radical (unpaired) electrons. The van der Waals surface area contributed by atoms with Crippen LogP contribution < -0.4 is 0 Å². The molecule has 0 aromatic heterocycles. The van der Waals surface area contributed by atoms with Gasteiger partial charge in [0.15, 0.2) is 6.29 Å². The van der Waals surface area contributed by atoms with Crippen LogP contribution in [0.4, 0.5) is 0 Å². The van der Waals surface area contributed by atoms with Crippen LogP contribution in [-0.4, -0.2) is 22.9 Å². The predicted molar refractivity (Wildman–Crippen MR) is 58.8 cm³/mol. The van der Waals surface area contributed by atoms with Crippen LogP contribution in [0, 0.1) is 0 Å². The van der Waals surface area contributed by atoms with Crippen LogP contribution in [0.2, 0.25) is 0 Å². The minimum Gasteiger partial charge on any atom is -0.393 e. The van der Waals surface area contributed by atoms with E-state index in [1.165, 1.54) is 0 Å². The van der Waals surface area contributed by atoms with Crippen LogP contribution in [0.3, 0.4) is 0 Å². The maximum Gasteiger partial charge on any atom is 0.185 e. The second-order valence-corrected chi connectivity index (χ2v) is 4.89. The summed E-state index contributed by atoms with van der Waals surface area (Å²) < 4.78 is 11.8. The molecule has 4 atom stereocenters. The lowest BCUT2D eigenvalue weighted by atomic mass is 10.0. The molecule has 3 heteroatoms. The highest BCUT2D eigenvalue weighted by Gasteiger charge is 2.52. The summed E-state index contributed by atoms with van der Waals surface area (Å²) in [5, 5.41) is 9.60. The van der Waals surface area contributed by atoms with Gasteiger partial charge in [-0.1, -0.05) is 30.3 Å². The Morgan fingerprint density at radius 1 is 1.31 bits per heavy atom. The van der Waals surface area contributed by atoms with Gasteiger partial charge in [0.05, 0.1) is 17.8 Å². The lowest BCUT2D eigenvalue weighted by Gasteiger charge is -2.20. The zero-order valence-electron chi connectivity index (χ0n) is 9.30. The highest BCUT2D eigenvalue weighted by atomic mass is 16.7. The lowest BCUT2D eigenvalue weighted by molar-refractivity contribution is -0.104. The number of aliphatic hydroxyl groups excluding tert-OH is 1. The zero-order chi connectivity index (χ0) is 11.2. The molecule has 1 heterocycles. The molecule has 1 saturated heterocycles. The molecule has 3 rings (SSSR count). The molecule has 16 heavy (non-hydrogen) atoms. The van der Waals surface area contributed by atoms with Gasteiger partial charge in [0.25, 0.3) is 0 Å². The van der Waals surface area contributed by atoms with Gasteiger partial charge in [-0.2, -0.15) is 0 Å². The SMILES string of the molecule is CC12CC(O)C[C@@H]1OC(c1ccccc1)O2. The van der Waals surface area contributed by atoms with E-state index < -0.39 is 0 Å². The predicted octanol–water partition coefficient (Wildman–Crippen LogP) is 2.01. The molecule has 0 bridgehead atoms. The molecule has 3 unspecified atom stereocenters. The van der Waals surface area contributed by atoms with Gasteiger partial charge in [0.1, 0.15) is 0 Å². The first-order chi connectivity index (χ1) is 7.67. The van der Waals surface area contributed by atoms with Crippen molar-refractivity contribution >= 4 is 0 Å². The normalized spacial score (nSPS) is 42.2. The van der Waals surface area contributed by atoms with E-state index in [0.29, 0.717) is 12.8 Å². The molecule has 3 nitrogen and oxygen atoms in total. The van der Waals surface area contributed by atoms with Crippen molar-refractivity contribution < 1.29 is 14.6 Å². The fraction of sp³-hybridized carbons (Fsp3) is 0.538. The Bertz CT molecular complexity index is 378. The van der Waals surface area contributed by atoms with Crippen LogP contribution in [0.5, 0.6) is 0 Å². The van der Waals surface area contributed by atoms with E-state index in [0.717, 1.165) is 5.56 Å². The number of fused-ring (bicyclic) bond motifs is 1. The lowest BCUT2D eigenvalue weighted by Crippen LogP contribution is -2.30. The van der Waals surface area contributed by atoms with Crippen molar-refractivity contribution in [2.45, 2.75) is 43.9 Å².